The van der Waals surface area contributed by atoms with Gasteiger partial charge >= 0.3 is 18.3 Å². The molecule has 0 heterocycles. The molecule has 0 saturated heterocycles. The van der Waals surface area contributed by atoms with Crippen molar-refractivity contribution in [2.45, 2.75) is 31.1 Å². The first-order valence-corrected chi connectivity index (χ1v) is 9.01. The summed E-state index contributed by atoms with van der Waals surface area (Å²) in [4.78, 5) is 34.9. The molecule has 2 aromatic carbocycles. The number of alkyl halides is 6. The fourth-order valence-electron chi connectivity index (χ4n) is 3.56. The van der Waals surface area contributed by atoms with Crippen LogP contribution in [0, 0.1) is 11.6 Å². The fraction of sp³-hybridized carbons (Fsp3) is 0.250. The van der Waals surface area contributed by atoms with Crippen molar-refractivity contribution in [3.8, 4) is 0 Å². The maximum atomic E-state index is 13.9. The smallest absolute Gasteiger partial charge is 0.416 e. The van der Waals surface area contributed by atoms with E-state index in [2.05, 4.69) is 0 Å². The highest BCUT2D eigenvalue weighted by Crippen LogP contribution is 2.45. The Hall–Kier alpha value is -3.71. The van der Waals surface area contributed by atoms with Crippen molar-refractivity contribution in [1.82, 2.24) is 0 Å². The molecule has 6 nitrogen and oxygen atoms in total. The molecule has 0 unspecified atom stereocenters. The van der Waals surface area contributed by atoms with Gasteiger partial charge in [-0.05, 0) is 46.5 Å². The number of amides is 2. The van der Waals surface area contributed by atoms with Crippen LogP contribution in [-0.4, -0.2) is 22.9 Å². The van der Waals surface area contributed by atoms with E-state index in [0.29, 0.717) is 12.1 Å². The fourth-order valence-corrected chi connectivity index (χ4v) is 3.56. The highest BCUT2D eigenvalue weighted by atomic mass is 19.4. The van der Waals surface area contributed by atoms with E-state index in [0.717, 1.165) is 0 Å². The van der Waals surface area contributed by atoms with Crippen molar-refractivity contribution in [3.63, 3.8) is 0 Å². The van der Waals surface area contributed by atoms with E-state index >= 15 is 0 Å². The monoisotopic (exact) mass is 498 g/mol. The van der Waals surface area contributed by atoms with Gasteiger partial charge in [0, 0.05) is 0 Å². The summed E-state index contributed by atoms with van der Waals surface area (Å²) in [5.74, 6) is -11.0. The molecule has 0 aliphatic heterocycles. The van der Waals surface area contributed by atoms with Gasteiger partial charge in [-0.3, -0.25) is 14.4 Å². The Morgan fingerprint density at radius 2 is 1.06 bits per heavy atom. The molecule has 2 rings (SSSR count). The van der Waals surface area contributed by atoms with Crippen LogP contribution >= 0.6 is 0 Å². The normalized spacial score (nSPS) is 12.1. The number of aliphatic carboxylic acids is 1. The Kier molecular flexibility index (Phi) is 7.24. The molecule has 2 amide bonds. The van der Waals surface area contributed by atoms with E-state index in [1.165, 1.54) is 0 Å². The van der Waals surface area contributed by atoms with Crippen molar-refractivity contribution in [1.29, 1.82) is 0 Å². The first-order chi connectivity index (χ1) is 15.4. The first kappa shape index (κ1) is 26.5. The molecule has 0 radical (unpaired) electrons. The zero-order chi connectivity index (χ0) is 26.2. The van der Waals surface area contributed by atoms with Crippen LogP contribution in [0.1, 0.15) is 39.3 Å². The molecule has 14 heteroatoms. The third kappa shape index (κ3) is 5.80. The summed E-state index contributed by atoms with van der Waals surface area (Å²) in [6.45, 7) is 0. The van der Waals surface area contributed by atoms with E-state index in [1.54, 1.807) is 0 Å². The number of carboxylic acid groups (broad SMARTS) is 1. The van der Waals surface area contributed by atoms with E-state index in [-0.39, 0.29) is 12.1 Å². The lowest BCUT2D eigenvalue weighted by Gasteiger charge is -2.26. The van der Waals surface area contributed by atoms with Gasteiger partial charge in [-0.1, -0.05) is 0 Å². The second-order valence-electron chi connectivity index (χ2n) is 7.11. The average Bonchev–Trinajstić information content (AvgIpc) is 2.61. The third-order valence-electron chi connectivity index (χ3n) is 4.63. The largest absolute Gasteiger partial charge is 0.481 e. The Morgan fingerprint density at radius 3 is 1.29 bits per heavy atom. The molecule has 2 aromatic rings. The zero-order valence-corrected chi connectivity index (χ0v) is 16.7. The minimum atomic E-state index is -5.50. The predicted octanol–water partition coefficient (Wildman–Crippen LogP) is 3.27. The molecule has 0 aliphatic rings. The lowest BCUT2D eigenvalue weighted by molar-refractivity contribution is -0.142. The maximum absolute atomic E-state index is 13.9. The van der Waals surface area contributed by atoms with Gasteiger partial charge in [-0.2, -0.15) is 26.3 Å². The Labute approximate surface area is 185 Å². The lowest BCUT2D eigenvalue weighted by atomic mass is 9.79. The SMILES string of the molecule is NC(=O)Cc1cc(F)cc(C(F)(F)F)c1C(C(=O)O)c1c(CC(N)=O)cc(F)cc1C(F)(F)F. The Balaban J connectivity index is 3.13. The summed E-state index contributed by atoms with van der Waals surface area (Å²) < 4.78 is 110. The number of benzene rings is 2. The molecule has 0 aromatic heterocycles. The third-order valence-corrected chi connectivity index (χ3v) is 4.63. The second kappa shape index (κ2) is 9.27. The van der Waals surface area contributed by atoms with Crippen LogP contribution in [-0.2, 0) is 39.6 Å². The van der Waals surface area contributed by atoms with Crippen molar-refractivity contribution in [3.05, 3.63) is 69.3 Å². The molecule has 0 aliphatic carbocycles. The number of halogens is 8. The number of carbonyl (C=O) groups excluding carboxylic acids is 2. The summed E-state index contributed by atoms with van der Waals surface area (Å²) in [6.07, 6.45) is -13.3. The predicted molar refractivity (Wildman–Crippen MR) is 98.1 cm³/mol. The average molecular weight is 498 g/mol. The van der Waals surface area contributed by atoms with Crippen molar-refractivity contribution in [2.75, 3.05) is 0 Å². The van der Waals surface area contributed by atoms with Crippen molar-refractivity contribution in [2.24, 2.45) is 11.5 Å². The lowest BCUT2D eigenvalue weighted by Crippen LogP contribution is -2.28. The van der Waals surface area contributed by atoms with Gasteiger partial charge < -0.3 is 16.6 Å². The van der Waals surface area contributed by atoms with Gasteiger partial charge in [0.15, 0.2) is 0 Å². The van der Waals surface area contributed by atoms with Gasteiger partial charge in [-0.25, -0.2) is 8.78 Å². The summed E-state index contributed by atoms with van der Waals surface area (Å²) in [6, 6.07) is 0.298. The second-order valence-corrected chi connectivity index (χ2v) is 7.11. The van der Waals surface area contributed by atoms with Gasteiger partial charge in [0.2, 0.25) is 11.8 Å². The van der Waals surface area contributed by atoms with Crippen LogP contribution in [0.15, 0.2) is 24.3 Å². The molecule has 0 saturated carbocycles. The van der Waals surface area contributed by atoms with Gasteiger partial charge in [0.1, 0.15) is 17.6 Å². The number of hydrogen-bond donors (Lipinski definition) is 3. The molecule has 0 atom stereocenters. The highest BCUT2D eigenvalue weighted by Gasteiger charge is 2.45. The van der Waals surface area contributed by atoms with Crippen LogP contribution in [0.2, 0.25) is 0 Å². The summed E-state index contributed by atoms with van der Waals surface area (Å²) in [5, 5.41) is 9.76. The van der Waals surface area contributed by atoms with E-state index in [9.17, 15) is 54.6 Å². The maximum Gasteiger partial charge on any atom is 0.416 e. The number of carbonyl (C=O) groups is 3. The molecule has 0 spiro atoms. The van der Waals surface area contributed by atoms with Crippen LogP contribution in [0.5, 0.6) is 0 Å². The minimum absolute atomic E-state index is 0.166. The topological polar surface area (TPSA) is 123 Å². The van der Waals surface area contributed by atoms with Gasteiger partial charge in [-0.15, -0.1) is 0 Å². The summed E-state index contributed by atoms with van der Waals surface area (Å²) >= 11 is 0. The number of hydrogen-bond acceptors (Lipinski definition) is 3. The van der Waals surface area contributed by atoms with E-state index in [1.807, 2.05) is 0 Å². The van der Waals surface area contributed by atoms with Crippen LogP contribution in [0.25, 0.3) is 0 Å². The molecule has 184 valence electrons. The quantitative estimate of drug-likeness (QED) is 0.507. The number of nitrogens with two attached hydrogens (primary N) is 2. The van der Waals surface area contributed by atoms with E-state index < -0.39 is 93.9 Å². The van der Waals surface area contributed by atoms with Crippen molar-refractivity contribution < 1.29 is 54.6 Å². The molecule has 0 fully saturated rings. The molecular weight excluding hydrogens is 484 g/mol. The van der Waals surface area contributed by atoms with Crippen LogP contribution < -0.4 is 11.5 Å². The van der Waals surface area contributed by atoms with Gasteiger partial charge in [0.25, 0.3) is 0 Å². The zero-order valence-electron chi connectivity index (χ0n) is 16.7. The Morgan fingerprint density at radius 1 is 0.735 bits per heavy atom. The molecule has 34 heavy (non-hydrogen) atoms. The number of carboxylic acids is 1. The van der Waals surface area contributed by atoms with Crippen LogP contribution in [0.4, 0.5) is 35.1 Å². The van der Waals surface area contributed by atoms with Crippen LogP contribution in [0.3, 0.4) is 0 Å². The molecule has 0 bridgehead atoms. The summed E-state index contributed by atoms with van der Waals surface area (Å²) in [5.41, 5.74) is 1.12. The summed E-state index contributed by atoms with van der Waals surface area (Å²) in [7, 11) is 0. The standard InChI is InChI=1S/C20H14F8N2O4/c21-9-1-7(3-13(29)31)15(11(5-9)19(23,24)25)17(18(33)34)16-8(4-14(30)32)2-10(22)6-12(16)20(26,27)28/h1-2,5-6,17H,3-4H2,(H2,29,31)(H2,30,32)(H,33,34). The molecular formula is C20H14F8N2O4. The first-order valence-electron chi connectivity index (χ1n) is 9.01. The minimum Gasteiger partial charge on any atom is -0.481 e. The highest BCUT2D eigenvalue weighted by molar-refractivity contribution is 5.86. The Bertz CT molecular complexity index is 1080. The molecule has 5 N–H and O–H groups in total. The van der Waals surface area contributed by atoms with E-state index in [4.69, 9.17) is 11.5 Å². The number of primary amides is 2. The van der Waals surface area contributed by atoms with Crippen molar-refractivity contribution >= 4 is 17.8 Å². The number of rotatable bonds is 7. The van der Waals surface area contributed by atoms with Gasteiger partial charge in [0.05, 0.1) is 24.0 Å².